The van der Waals surface area contributed by atoms with Crippen LogP contribution in [0.25, 0.3) is 0 Å². The number of halogens is 1. The van der Waals surface area contributed by atoms with Crippen molar-refractivity contribution in [1.29, 1.82) is 0 Å². The summed E-state index contributed by atoms with van der Waals surface area (Å²) in [6, 6.07) is 14.4. The zero-order chi connectivity index (χ0) is 16.8. The van der Waals surface area contributed by atoms with Crippen LogP contribution in [0.15, 0.2) is 58.1 Å². The average Bonchev–Trinajstić information content (AvgIpc) is 3.40. The Morgan fingerprint density at radius 1 is 1.17 bits per heavy atom. The number of pyridine rings is 1. The molecule has 3 rings (SSSR count). The molecule has 0 amide bonds. The number of nitrogens with one attached hydrogen (secondary N) is 2. The first kappa shape index (κ1) is 17.0. The average molecular weight is 387 g/mol. The largest absolute Gasteiger partial charge is 0.357 e. The van der Waals surface area contributed by atoms with Gasteiger partial charge in [0.2, 0.25) is 0 Å². The maximum Gasteiger partial charge on any atom is 0.191 e. The molecule has 0 spiro atoms. The van der Waals surface area contributed by atoms with Crippen molar-refractivity contribution in [2.45, 2.75) is 31.7 Å². The summed E-state index contributed by atoms with van der Waals surface area (Å²) >= 11 is 3.69. The number of nitrogens with zero attached hydrogens (tertiary/aromatic N) is 2. The van der Waals surface area contributed by atoms with Crippen LogP contribution in [-0.2, 0) is 12.0 Å². The molecule has 5 heteroatoms. The van der Waals surface area contributed by atoms with Gasteiger partial charge in [-0.05, 0) is 43.5 Å². The molecule has 1 aliphatic carbocycles. The van der Waals surface area contributed by atoms with Crippen LogP contribution < -0.4 is 10.6 Å². The van der Waals surface area contributed by atoms with Crippen LogP contribution in [0, 0.1) is 0 Å². The molecule has 0 saturated heterocycles. The monoisotopic (exact) mass is 386 g/mol. The summed E-state index contributed by atoms with van der Waals surface area (Å²) in [4.78, 5) is 8.97. The molecular formula is C19H23BrN4. The smallest absolute Gasteiger partial charge is 0.191 e. The van der Waals surface area contributed by atoms with E-state index in [2.05, 4.69) is 67.7 Å². The summed E-state index contributed by atoms with van der Waals surface area (Å²) in [5.74, 6) is 0.849. The van der Waals surface area contributed by atoms with Gasteiger partial charge in [0, 0.05) is 29.2 Å². The second-order valence-electron chi connectivity index (χ2n) is 6.13. The highest BCUT2D eigenvalue weighted by Gasteiger charge is 2.45. The summed E-state index contributed by atoms with van der Waals surface area (Å²) in [5.41, 5.74) is 2.58. The van der Waals surface area contributed by atoms with Crippen LogP contribution in [0.1, 0.15) is 31.0 Å². The van der Waals surface area contributed by atoms with E-state index in [0.29, 0.717) is 6.54 Å². The number of benzene rings is 1. The third-order valence-electron chi connectivity index (χ3n) is 4.36. The Morgan fingerprint density at radius 3 is 2.62 bits per heavy atom. The summed E-state index contributed by atoms with van der Waals surface area (Å²) < 4.78 is 1.19. The van der Waals surface area contributed by atoms with Gasteiger partial charge in [0.25, 0.3) is 0 Å². The Labute approximate surface area is 151 Å². The first-order valence-corrected chi connectivity index (χ1v) is 9.20. The van der Waals surface area contributed by atoms with Crippen LogP contribution >= 0.6 is 15.9 Å². The summed E-state index contributed by atoms with van der Waals surface area (Å²) in [6.07, 6.45) is 4.22. The Kier molecular flexibility index (Phi) is 5.51. The minimum atomic E-state index is 0.223. The van der Waals surface area contributed by atoms with Gasteiger partial charge in [-0.2, -0.15) is 0 Å². The van der Waals surface area contributed by atoms with Gasteiger partial charge < -0.3 is 10.6 Å². The van der Waals surface area contributed by atoms with Crippen LogP contribution in [-0.4, -0.2) is 24.0 Å². The van der Waals surface area contributed by atoms with E-state index in [4.69, 9.17) is 0 Å². The third kappa shape index (κ3) is 4.15. The van der Waals surface area contributed by atoms with Gasteiger partial charge in [-0.25, -0.2) is 4.99 Å². The van der Waals surface area contributed by atoms with Gasteiger partial charge in [-0.1, -0.05) is 40.2 Å². The molecule has 1 saturated carbocycles. The molecular weight excluding hydrogens is 364 g/mol. The summed E-state index contributed by atoms with van der Waals surface area (Å²) in [5, 5.41) is 6.83. The molecule has 1 aliphatic rings. The van der Waals surface area contributed by atoms with Crippen molar-refractivity contribution >= 4 is 21.9 Å². The van der Waals surface area contributed by atoms with E-state index in [-0.39, 0.29) is 5.41 Å². The fraction of sp³-hybridized carbons (Fsp3) is 0.368. The van der Waals surface area contributed by atoms with E-state index in [0.717, 1.165) is 24.7 Å². The van der Waals surface area contributed by atoms with E-state index in [1.807, 2.05) is 18.2 Å². The fourth-order valence-electron chi connectivity index (χ4n) is 2.83. The maximum absolute atomic E-state index is 4.65. The Balaban J connectivity index is 1.65. The molecule has 0 bridgehead atoms. The molecule has 0 atom stereocenters. The summed E-state index contributed by atoms with van der Waals surface area (Å²) in [7, 11) is 0. The number of guanidine groups is 1. The van der Waals surface area contributed by atoms with Crippen molar-refractivity contribution in [3.63, 3.8) is 0 Å². The number of aliphatic imine (C=N–C) groups is 1. The molecule has 1 fully saturated rings. The van der Waals surface area contributed by atoms with E-state index in [9.17, 15) is 0 Å². The van der Waals surface area contributed by atoms with Gasteiger partial charge in [0.05, 0.1) is 12.2 Å². The maximum atomic E-state index is 4.65. The first-order valence-electron chi connectivity index (χ1n) is 8.41. The third-order valence-corrected chi connectivity index (χ3v) is 5.05. The molecule has 1 aromatic heterocycles. The standard InChI is InChI=1S/C19H23BrN4/c1-2-21-18(23-13-15-7-5-6-12-22-15)24-14-19(10-11-19)16-8-3-4-9-17(16)20/h3-9,12H,2,10-11,13-14H2,1H3,(H2,21,23,24). The van der Waals surface area contributed by atoms with E-state index in [1.165, 1.54) is 22.9 Å². The lowest BCUT2D eigenvalue weighted by Crippen LogP contribution is -2.41. The highest BCUT2D eigenvalue weighted by atomic mass is 79.9. The molecule has 1 heterocycles. The van der Waals surface area contributed by atoms with Crippen LogP contribution in [0.2, 0.25) is 0 Å². The zero-order valence-corrected chi connectivity index (χ0v) is 15.5. The van der Waals surface area contributed by atoms with E-state index in [1.54, 1.807) is 6.20 Å². The van der Waals surface area contributed by atoms with Crippen molar-refractivity contribution in [2.75, 3.05) is 13.1 Å². The van der Waals surface area contributed by atoms with Crippen molar-refractivity contribution in [3.8, 4) is 0 Å². The second kappa shape index (κ2) is 7.79. The molecule has 0 aliphatic heterocycles. The van der Waals surface area contributed by atoms with Gasteiger partial charge in [0.1, 0.15) is 0 Å². The minimum Gasteiger partial charge on any atom is -0.357 e. The van der Waals surface area contributed by atoms with Gasteiger partial charge in [-0.15, -0.1) is 0 Å². The quantitative estimate of drug-likeness (QED) is 0.588. The lowest BCUT2D eigenvalue weighted by atomic mass is 9.96. The lowest BCUT2D eigenvalue weighted by Gasteiger charge is -2.20. The van der Waals surface area contributed by atoms with Crippen LogP contribution in [0.3, 0.4) is 0 Å². The number of rotatable bonds is 6. The minimum absolute atomic E-state index is 0.223. The lowest BCUT2D eigenvalue weighted by molar-refractivity contribution is 0.643. The summed E-state index contributed by atoms with van der Waals surface area (Å²) in [6.45, 7) is 4.40. The predicted molar refractivity (Wildman–Crippen MR) is 102 cm³/mol. The van der Waals surface area contributed by atoms with Gasteiger partial charge >= 0.3 is 0 Å². The number of aromatic nitrogens is 1. The molecule has 2 N–H and O–H groups in total. The van der Waals surface area contributed by atoms with E-state index >= 15 is 0 Å². The predicted octanol–water partition coefficient (Wildman–Crippen LogP) is 3.63. The number of hydrogen-bond acceptors (Lipinski definition) is 2. The highest BCUT2D eigenvalue weighted by molar-refractivity contribution is 9.10. The van der Waals surface area contributed by atoms with Crippen molar-refractivity contribution in [1.82, 2.24) is 15.6 Å². The van der Waals surface area contributed by atoms with E-state index < -0.39 is 0 Å². The first-order chi connectivity index (χ1) is 11.7. The zero-order valence-electron chi connectivity index (χ0n) is 13.9. The second-order valence-corrected chi connectivity index (χ2v) is 6.98. The molecule has 24 heavy (non-hydrogen) atoms. The van der Waals surface area contributed by atoms with Crippen molar-refractivity contribution in [3.05, 3.63) is 64.4 Å². The molecule has 126 valence electrons. The fourth-order valence-corrected chi connectivity index (χ4v) is 3.54. The Morgan fingerprint density at radius 2 is 1.96 bits per heavy atom. The highest BCUT2D eigenvalue weighted by Crippen LogP contribution is 2.49. The Hall–Kier alpha value is -1.88. The normalized spacial score (nSPS) is 15.8. The molecule has 2 aromatic rings. The Bertz CT molecular complexity index is 696. The van der Waals surface area contributed by atoms with Crippen molar-refractivity contribution < 1.29 is 0 Å². The topological polar surface area (TPSA) is 49.3 Å². The molecule has 4 nitrogen and oxygen atoms in total. The van der Waals surface area contributed by atoms with Crippen LogP contribution in [0.5, 0.6) is 0 Å². The molecule has 0 radical (unpaired) electrons. The van der Waals surface area contributed by atoms with Gasteiger partial charge in [-0.3, -0.25) is 4.98 Å². The molecule has 1 aromatic carbocycles. The SMILES string of the molecule is CCNC(=NCc1ccccn1)NCC1(c2ccccc2Br)CC1. The van der Waals surface area contributed by atoms with Gasteiger partial charge in [0.15, 0.2) is 5.96 Å². The molecule has 0 unspecified atom stereocenters. The van der Waals surface area contributed by atoms with Crippen LogP contribution in [0.4, 0.5) is 0 Å². The van der Waals surface area contributed by atoms with Crippen molar-refractivity contribution in [2.24, 2.45) is 4.99 Å². The number of hydrogen-bond donors (Lipinski definition) is 2.